The van der Waals surface area contributed by atoms with Gasteiger partial charge in [0, 0.05) is 13.1 Å². The molecule has 2 rings (SSSR count). The van der Waals surface area contributed by atoms with Gasteiger partial charge in [0.1, 0.15) is 11.5 Å². The molecule has 6 heteroatoms. The molecule has 1 aliphatic rings. The smallest absolute Gasteiger partial charge is 0.257 e. The minimum absolute atomic E-state index is 0.0606. The van der Waals surface area contributed by atoms with E-state index in [0.717, 1.165) is 0 Å². The van der Waals surface area contributed by atoms with Crippen LogP contribution in [0.5, 0.6) is 0 Å². The van der Waals surface area contributed by atoms with Gasteiger partial charge in [-0.05, 0) is 26.3 Å². The van der Waals surface area contributed by atoms with Crippen molar-refractivity contribution in [3.63, 3.8) is 0 Å². The minimum atomic E-state index is -2.98. The van der Waals surface area contributed by atoms with E-state index in [0.29, 0.717) is 23.5 Å². The third-order valence-electron chi connectivity index (χ3n) is 3.35. The van der Waals surface area contributed by atoms with Gasteiger partial charge in [-0.25, -0.2) is 8.42 Å². The van der Waals surface area contributed by atoms with E-state index in [4.69, 9.17) is 4.42 Å². The lowest BCUT2D eigenvalue weighted by atomic mass is 10.1. The molecule has 0 bridgehead atoms. The molecule has 5 nitrogen and oxygen atoms in total. The Bertz CT molecular complexity index is 573. The van der Waals surface area contributed by atoms with Crippen molar-refractivity contribution in [2.75, 3.05) is 18.6 Å². The number of carbonyl (C=O) groups excluding carboxylic acids is 1. The molecular formula is C12H17NO4S. The normalized spacial score (nSPS) is 22.1. The highest BCUT2D eigenvalue weighted by Gasteiger charge is 2.33. The van der Waals surface area contributed by atoms with Gasteiger partial charge in [-0.15, -0.1) is 0 Å². The number of hydrogen-bond donors (Lipinski definition) is 0. The summed E-state index contributed by atoms with van der Waals surface area (Å²) in [7, 11) is -1.33. The van der Waals surface area contributed by atoms with E-state index in [2.05, 4.69) is 0 Å². The maximum atomic E-state index is 12.2. The molecule has 1 saturated heterocycles. The Balaban J connectivity index is 2.17. The van der Waals surface area contributed by atoms with Crippen molar-refractivity contribution >= 4 is 15.7 Å². The van der Waals surface area contributed by atoms with Crippen molar-refractivity contribution in [1.29, 1.82) is 0 Å². The average molecular weight is 271 g/mol. The quantitative estimate of drug-likeness (QED) is 0.809. The number of aryl methyl sites for hydroxylation is 2. The summed E-state index contributed by atoms with van der Waals surface area (Å²) in [4.78, 5) is 13.8. The van der Waals surface area contributed by atoms with Gasteiger partial charge in [-0.1, -0.05) is 0 Å². The Labute approximate surface area is 107 Å². The maximum absolute atomic E-state index is 12.2. The largest absolute Gasteiger partial charge is 0.466 e. The van der Waals surface area contributed by atoms with E-state index >= 15 is 0 Å². The summed E-state index contributed by atoms with van der Waals surface area (Å²) in [5.74, 6) is 1.31. The van der Waals surface area contributed by atoms with Crippen molar-refractivity contribution in [2.24, 2.45) is 0 Å². The molecule has 1 amide bonds. The zero-order valence-electron chi connectivity index (χ0n) is 10.8. The summed E-state index contributed by atoms with van der Waals surface area (Å²) < 4.78 is 28.2. The number of hydrogen-bond acceptors (Lipinski definition) is 4. The number of sulfone groups is 1. The van der Waals surface area contributed by atoms with Gasteiger partial charge in [0.15, 0.2) is 9.84 Å². The third-order valence-corrected chi connectivity index (χ3v) is 5.10. The van der Waals surface area contributed by atoms with E-state index in [1.54, 1.807) is 27.0 Å². The SMILES string of the molecule is Cc1cc(C(=O)N(C)[C@@H]2CCS(=O)(=O)C2)c(C)o1. The van der Waals surface area contributed by atoms with Gasteiger partial charge in [-0.3, -0.25) is 4.79 Å². The summed E-state index contributed by atoms with van der Waals surface area (Å²) in [5.41, 5.74) is 0.513. The van der Waals surface area contributed by atoms with Crippen molar-refractivity contribution in [1.82, 2.24) is 4.90 Å². The number of furan rings is 1. The van der Waals surface area contributed by atoms with Gasteiger partial charge < -0.3 is 9.32 Å². The standard InChI is InChI=1S/C12H17NO4S/c1-8-6-11(9(2)17-8)12(14)13(3)10-4-5-18(15,16)7-10/h6,10H,4-5,7H2,1-3H3/t10-/m1/s1. The average Bonchev–Trinajstić information content (AvgIpc) is 2.79. The zero-order chi connectivity index (χ0) is 13.5. The Morgan fingerprint density at radius 3 is 2.56 bits per heavy atom. The van der Waals surface area contributed by atoms with Gasteiger partial charge >= 0.3 is 0 Å². The summed E-state index contributed by atoms with van der Waals surface area (Å²) in [6, 6.07) is 1.47. The molecule has 100 valence electrons. The van der Waals surface area contributed by atoms with Gasteiger partial charge in [-0.2, -0.15) is 0 Å². The first-order chi connectivity index (χ1) is 8.30. The van der Waals surface area contributed by atoms with Crippen LogP contribution in [-0.2, 0) is 9.84 Å². The molecule has 0 aliphatic carbocycles. The van der Waals surface area contributed by atoms with Crippen LogP contribution in [-0.4, -0.2) is 43.8 Å². The van der Waals surface area contributed by atoms with E-state index in [-0.39, 0.29) is 23.5 Å². The summed E-state index contributed by atoms with van der Waals surface area (Å²) in [5, 5.41) is 0. The molecule has 1 atom stereocenters. The van der Waals surface area contributed by atoms with E-state index in [1.807, 2.05) is 0 Å². The lowest BCUT2D eigenvalue weighted by Gasteiger charge is -2.23. The Morgan fingerprint density at radius 2 is 2.11 bits per heavy atom. The first kappa shape index (κ1) is 13.1. The zero-order valence-corrected chi connectivity index (χ0v) is 11.6. The third kappa shape index (κ3) is 2.43. The monoisotopic (exact) mass is 271 g/mol. The van der Waals surface area contributed by atoms with Crippen molar-refractivity contribution in [3.05, 3.63) is 23.2 Å². The molecule has 18 heavy (non-hydrogen) atoms. The van der Waals surface area contributed by atoms with Crippen LogP contribution in [0.1, 0.15) is 28.3 Å². The fourth-order valence-electron chi connectivity index (χ4n) is 2.28. The Kier molecular flexibility index (Phi) is 3.23. The second kappa shape index (κ2) is 4.42. The molecule has 0 unspecified atom stereocenters. The van der Waals surface area contributed by atoms with Crippen LogP contribution in [0.4, 0.5) is 0 Å². The van der Waals surface area contributed by atoms with Gasteiger partial charge in [0.05, 0.1) is 17.1 Å². The van der Waals surface area contributed by atoms with Crippen LogP contribution in [0.3, 0.4) is 0 Å². The first-order valence-electron chi connectivity index (χ1n) is 5.85. The summed E-state index contributed by atoms with van der Waals surface area (Å²) in [6.45, 7) is 3.52. The minimum Gasteiger partial charge on any atom is -0.466 e. The molecule has 0 N–H and O–H groups in total. The van der Waals surface area contributed by atoms with E-state index in [1.165, 1.54) is 4.90 Å². The van der Waals surface area contributed by atoms with Gasteiger partial charge in [0.25, 0.3) is 5.91 Å². The fourth-order valence-corrected chi connectivity index (χ4v) is 4.05. The van der Waals surface area contributed by atoms with Crippen molar-refractivity contribution in [2.45, 2.75) is 26.3 Å². The van der Waals surface area contributed by atoms with Gasteiger partial charge in [0.2, 0.25) is 0 Å². The van der Waals surface area contributed by atoms with Crippen LogP contribution < -0.4 is 0 Å². The van der Waals surface area contributed by atoms with Crippen molar-refractivity contribution in [3.8, 4) is 0 Å². The van der Waals surface area contributed by atoms with Crippen molar-refractivity contribution < 1.29 is 17.6 Å². The maximum Gasteiger partial charge on any atom is 0.257 e. The Morgan fingerprint density at radius 1 is 1.44 bits per heavy atom. The second-order valence-corrected chi connectivity index (χ2v) is 7.03. The number of nitrogens with zero attached hydrogens (tertiary/aromatic N) is 1. The molecule has 0 saturated carbocycles. The van der Waals surface area contributed by atoms with Crippen LogP contribution >= 0.6 is 0 Å². The second-order valence-electron chi connectivity index (χ2n) is 4.80. The highest BCUT2D eigenvalue weighted by Crippen LogP contribution is 2.21. The first-order valence-corrected chi connectivity index (χ1v) is 7.67. The molecule has 1 aliphatic heterocycles. The molecular weight excluding hydrogens is 254 g/mol. The molecule has 0 aromatic carbocycles. The van der Waals surface area contributed by atoms with Crippen LogP contribution in [0.2, 0.25) is 0 Å². The summed E-state index contributed by atoms with van der Waals surface area (Å²) >= 11 is 0. The Hall–Kier alpha value is -1.30. The molecule has 2 heterocycles. The topological polar surface area (TPSA) is 67.6 Å². The predicted molar refractivity (Wildman–Crippen MR) is 67.3 cm³/mol. The highest BCUT2D eigenvalue weighted by atomic mass is 32.2. The molecule has 1 aromatic heterocycles. The van der Waals surface area contributed by atoms with E-state index in [9.17, 15) is 13.2 Å². The lowest BCUT2D eigenvalue weighted by molar-refractivity contribution is 0.0746. The van der Waals surface area contributed by atoms with Crippen LogP contribution in [0.25, 0.3) is 0 Å². The number of amides is 1. The lowest BCUT2D eigenvalue weighted by Crippen LogP contribution is -2.37. The molecule has 1 aromatic rings. The predicted octanol–water partition coefficient (Wildman–Crippen LogP) is 1.16. The summed E-state index contributed by atoms with van der Waals surface area (Å²) in [6.07, 6.45) is 0.514. The van der Waals surface area contributed by atoms with E-state index < -0.39 is 9.84 Å². The molecule has 1 fully saturated rings. The fraction of sp³-hybridized carbons (Fsp3) is 0.583. The van der Waals surface area contributed by atoms with Crippen LogP contribution in [0.15, 0.2) is 10.5 Å². The number of carbonyl (C=O) groups is 1. The highest BCUT2D eigenvalue weighted by molar-refractivity contribution is 7.91. The molecule has 0 radical (unpaired) electrons. The molecule has 0 spiro atoms. The number of rotatable bonds is 2. The van der Waals surface area contributed by atoms with Crippen LogP contribution in [0, 0.1) is 13.8 Å².